The summed E-state index contributed by atoms with van der Waals surface area (Å²) in [6, 6.07) is 0.353. The van der Waals surface area contributed by atoms with Gasteiger partial charge in [0.2, 0.25) is 0 Å². The number of hydrogen-bond donors (Lipinski definition) is 0. The van der Waals surface area contributed by atoms with Crippen LogP contribution in [0.25, 0.3) is 0 Å². The highest BCUT2D eigenvalue weighted by molar-refractivity contribution is 4.92. The molecule has 0 fully saturated rings. The van der Waals surface area contributed by atoms with Gasteiger partial charge in [-0.3, -0.25) is 0 Å². The van der Waals surface area contributed by atoms with E-state index >= 15 is 0 Å². The smallest absolute Gasteiger partial charge is 0.0644 e. The fraction of sp³-hybridized carbons (Fsp3) is 0.879. The van der Waals surface area contributed by atoms with E-state index in [-0.39, 0.29) is 0 Å². The monoisotopic (exact) mass is 508 g/mol. The number of rotatable bonds is 27. The first-order chi connectivity index (χ1) is 17.5. The Kier molecular flexibility index (Phi) is 26.9. The Labute approximate surface area is 227 Å². The van der Waals surface area contributed by atoms with E-state index in [4.69, 9.17) is 9.47 Å². The third-order valence-electron chi connectivity index (χ3n) is 7.07. The molecule has 0 aliphatic rings. The molecule has 0 aliphatic heterocycles. The highest BCUT2D eigenvalue weighted by atomic mass is 16.5. The largest absolute Gasteiger partial charge is 0.380 e. The second kappa shape index (κ2) is 27.4. The number of allylic oxidation sites excluding steroid dienone is 4. The Morgan fingerprint density at radius 3 is 1.81 bits per heavy atom. The molecule has 0 amide bonds. The van der Waals surface area contributed by atoms with Crippen molar-refractivity contribution in [3.8, 4) is 0 Å². The molecule has 0 aliphatic carbocycles. The maximum absolute atomic E-state index is 6.01. The molecule has 0 radical (unpaired) electrons. The van der Waals surface area contributed by atoms with E-state index in [1.807, 2.05) is 0 Å². The number of nitrogens with zero attached hydrogens (tertiary/aromatic N) is 1. The van der Waals surface area contributed by atoms with Crippen molar-refractivity contribution in [2.45, 2.75) is 136 Å². The number of ether oxygens (including phenoxy) is 2. The molecule has 3 heteroatoms. The number of unbranched alkanes of at least 4 members (excludes halogenated alkanes) is 9. The van der Waals surface area contributed by atoms with Crippen molar-refractivity contribution >= 4 is 0 Å². The van der Waals surface area contributed by atoms with Crippen LogP contribution in [-0.2, 0) is 9.47 Å². The van der Waals surface area contributed by atoms with Gasteiger partial charge in [-0.1, -0.05) is 110 Å². The van der Waals surface area contributed by atoms with E-state index in [1.54, 1.807) is 0 Å². The molecule has 0 N–H and O–H groups in total. The van der Waals surface area contributed by atoms with Crippen LogP contribution in [0.4, 0.5) is 0 Å². The fourth-order valence-electron chi connectivity index (χ4n) is 4.28. The Balaban J connectivity index is 3.55. The van der Waals surface area contributed by atoms with Gasteiger partial charge in [-0.2, -0.15) is 0 Å². The minimum absolute atomic E-state index is 0.353. The lowest BCUT2D eigenvalue weighted by molar-refractivity contribution is 0.0176. The molecule has 2 atom stereocenters. The third kappa shape index (κ3) is 26.4. The van der Waals surface area contributed by atoms with Crippen LogP contribution < -0.4 is 0 Å². The van der Waals surface area contributed by atoms with Gasteiger partial charge in [0.05, 0.1) is 19.3 Å². The van der Waals surface area contributed by atoms with E-state index < -0.39 is 0 Å². The third-order valence-corrected chi connectivity index (χ3v) is 7.07. The van der Waals surface area contributed by atoms with Gasteiger partial charge in [-0.25, -0.2) is 0 Å². The van der Waals surface area contributed by atoms with Crippen molar-refractivity contribution in [1.82, 2.24) is 4.90 Å². The fourth-order valence-corrected chi connectivity index (χ4v) is 4.28. The zero-order valence-corrected chi connectivity index (χ0v) is 25.4. The summed E-state index contributed by atoms with van der Waals surface area (Å²) >= 11 is 0. The van der Waals surface area contributed by atoms with E-state index in [0.717, 1.165) is 44.7 Å². The quantitative estimate of drug-likeness (QED) is 0.0815. The Bertz CT molecular complexity index is 486. The Morgan fingerprint density at radius 2 is 1.19 bits per heavy atom. The topological polar surface area (TPSA) is 21.7 Å². The van der Waals surface area contributed by atoms with E-state index in [0.29, 0.717) is 6.04 Å². The van der Waals surface area contributed by atoms with Crippen molar-refractivity contribution in [2.24, 2.45) is 11.8 Å². The van der Waals surface area contributed by atoms with Crippen LogP contribution in [0.3, 0.4) is 0 Å². The van der Waals surface area contributed by atoms with E-state index in [9.17, 15) is 0 Å². The Hall–Kier alpha value is -0.640. The summed E-state index contributed by atoms with van der Waals surface area (Å²) in [6.07, 6.45) is 30.0. The molecule has 0 heterocycles. The van der Waals surface area contributed by atoms with Gasteiger partial charge in [-0.15, -0.1) is 0 Å². The van der Waals surface area contributed by atoms with E-state index in [1.165, 1.54) is 96.3 Å². The van der Waals surface area contributed by atoms with Crippen LogP contribution >= 0.6 is 0 Å². The summed E-state index contributed by atoms with van der Waals surface area (Å²) in [5.74, 6) is 1.59. The summed E-state index contributed by atoms with van der Waals surface area (Å²) in [5, 5.41) is 0. The minimum atomic E-state index is 0.353. The van der Waals surface area contributed by atoms with Crippen LogP contribution in [0.5, 0.6) is 0 Å². The van der Waals surface area contributed by atoms with Gasteiger partial charge in [0, 0.05) is 13.2 Å². The lowest BCUT2D eigenvalue weighted by Crippen LogP contribution is -2.37. The second-order valence-electron chi connectivity index (χ2n) is 11.6. The summed E-state index contributed by atoms with van der Waals surface area (Å²) in [6.45, 7) is 12.6. The predicted molar refractivity (Wildman–Crippen MR) is 161 cm³/mol. The van der Waals surface area contributed by atoms with Gasteiger partial charge in [0.1, 0.15) is 0 Å². The molecule has 1 unspecified atom stereocenters. The molecule has 0 spiro atoms. The van der Waals surface area contributed by atoms with Crippen LogP contribution in [0.2, 0.25) is 0 Å². The lowest BCUT2D eigenvalue weighted by Gasteiger charge is -2.24. The first-order valence-corrected chi connectivity index (χ1v) is 15.6. The molecule has 0 saturated heterocycles. The number of likely N-dealkylation sites (N-methyl/N-ethyl adjacent to an activating group) is 1. The van der Waals surface area contributed by atoms with Crippen molar-refractivity contribution < 1.29 is 9.47 Å². The first-order valence-electron chi connectivity index (χ1n) is 15.6. The van der Waals surface area contributed by atoms with Crippen molar-refractivity contribution in [2.75, 3.05) is 40.5 Å². The minimum Gasteiger partial charge on any atom is -0.380 e. The molecule has 214 valence electrons. The van der Waals surface area contributed by atoms with Crippen LogP contribution in [-0.4, -0.2) is 51.5 Å². The SMILES string of the molecule is CCCCCC=CCC=CCCCCCCCCOC[C@H](COCCC(C)CCCC(C)C)N(C)C. The molecule has 36 heavy (non-hydrogen) atoms. The summed E-state index contributed by atoms with van der Waals surface area (Å²) < 4.78 is 12.0. The first kappa shape index (κ1) is 35.4. The van der Waals surface area contributed by atoms with Crippen LogP contribution in [0, 0.1) is 11.8 Å². The van der Waals surface area contributed by atoms with Gasteiger partial charge >= 0.3 is 0 Å². The molecule has 0 saturated carbocycles. The molecular formula is C33H65NO2. The highest BCUT2D eigenvalue weighted by Crippen LogP contribution is 2.15. The molecule has 0 rings (SSSR count). The zero-order valence-electron chi connectivity index (χ0n) is 25.4. The van der Waals surface area contributed by atoms with Gasteiger partial charge in [-0.05, 0) is 70.9 Å². The standard InChI is InChI=1S/C33H65NO2/c1-7-8-9-10-11-12-13-14-15-16-17-18-19-20-21-22-27-35-29-33(34(5)6)30-36-28-26-32(4)25-23-24-31(2)3/h11-12,14-15,31-33H,7-10,13,16-30H2,1-6H3/t32?,33-/m1/s1. The summed E-state index contributed by atoms with van der Waals surface area (Å²) in [7, 11) is 4.26. The van der Waals surface area contributed by atoms with Gasteiger partial charge in [0.25, 0.3) is 0 Å². The molecule has 0 aromatic carbocycles. The second-order valence-corrected chi connectivity index (χ2v) is 11.6. The number of hydrogen-bond acceptors (Lipinski definition) is 3. The molecule has 0 bridgehead atoms. The molecular weight excluding hydrogens is 442 g/mol. The van der Waals surface area contributed by atoms with E-state index in [2.05, 4.69) is 71.0 Å². The zero-order chi connectivity index (χ0) is 26.7. The lowest BCUT2D eigenvalue weighted by atomic mass is 9.98. The highest BCUT2D eigenvalue weighted by Gasteiger charge is 2.12. The predicted octanol–water partition coefficient (Wildman–Crippen LogP) is 9.62. The van der Waals surface area contributed by atoms with Crippen LogP contribution in [0.15, 0.2) is 24.3 Å². The molecule has 0 aromatic heterocycles. The maximum atomic E-state index is 6.01. The Morgan fingerprint density at radius 1 is 0.611 bits per heavy atom. The van der Waals surface area contributed by atoms with Crippen molar-refractivity contribution in [3.05, 3.63) is 24.3 Å². The van der Waals surface area contributed by atoms with Crippen molar-refractivity contribution in [3.63, 3.8) is 0 Å². The molecule has 0 aromatic rings. The average molecular weight is 508 g/mol. The summed E-state index contributed by atoms with van der Waals surface area (Å²) in [4.78, 5) is 2.24. The maximum Gasteiger partial charge on any atom is 0.0644 e. The van der Waals surface area contributed by atoms with Crippen LogP contribution in [0.1, 0.15) is 130 Å². The van der Waals surface area contributed by atoms with Gasteiger partial charge in [0.15, 0.2) is 0 Å². The normalized spacial score (nSPS) is 14.1. The van der Waals surface area contributed by atoms with Crippen molar-refractivity contribution in [1.29, 1.82) is 0 Å². The average Bonchev–Trinajstić information content (AvgIpc) is 2.84. The summed E-state index contributed by atoms with van der Waals surface area (Å²) in [5.41, 5.74) is 0. The molecule has 3 nitrogen and oxygen atoms in total. The van der Waals surface area contributed by atoms with Gasteiger partial charge < -0.3 is 14.4 Å².